The van der Waals surface area contributed by atoms with Gasteiger partial charge in [-0.1, -0.05) is 0 Å². The van der Waals surface area contributed by atoms with E-state index in [0.29, 0.717) is 19.4 Å². The van der Waals surface area contributed by atoms with Crippen LogP contribution in [0.2, 0.25) is 0 Å². The molecule has 1 rings (SSSR count). The van der Waals surface area contributed by atoms with Crippen LogP contribution in [0.4, 0.5) is 0 Å². The maximum atomic E-state index is 10.6. The molecule has 0 aromatic carbocycles. The first-order valence-corrected chi connectivity index (χ1v) is 2.96. The highest BCUT2D eigenvalue weighted by molar-refractivity contribution is 5.77. The Morgan fingerprint density at radius 3 is 2.78 bits per heavy atom. The molecule has 1 fully saturated rings. The molecule has 1 saturated heterocycles. The van der Waals surface area contributed by atoms with Crippen LogP contribution in [0.15, 0.2) is 0 Å². The lowest BCUT2D eigenvalue weighted by Gasteiger charge is -2.14. The van der Waals surface area contributed by atoms with Gasteiger partial charge < -0.3 is 5.73 Å². The number of carbonyl (C=O) groups is 1. The molecule has 3 N–H and O–H groups in total. The van der Waals surface area contributed by atoms with E-state index in [2.05, 4.69) is 0 Å². The standard InChI is InChI=1S/C5H10N2O2/c6-3-4-1-2-5(8)7(4)9/h4,9H,1-3,6H2/t4-/m1/s1. The van der Waals surface area contributed by atoms with Crippen LogP contribution >= 0.6 is 0 Å². The first-order valence-electron chi connectivity index (χ1n) is 2.96. The smallest absolute Gasteiger partial charge is 0.246 e. The molecule has 0 aromatic rings. The molecule has 0 aliphatic carbocycles. The van der Waals surface area contributed by atoms with Crippen molar-refractivity contribution in [3.05, 3.63) is 0 Å². The molecular weight excluding hydrogens is 120 g/mol. The average Bonchev–Trinajstić information content (AvgIpc) is 2.15. The molecule has 1 amide bonds. The van der Waals surface area contributed by atoms with Crippen LogP contribution in [0.5, 0.6) is 0 Å². The zero-order valence-corrected chi connectivity index (χ0v) is 5.08. The Kier molecular flexibility index (Phi) is 1.68. The molecule has 4 heteroatoms. The van der Waals surface area contributed by atoms with Gasteiger partial charge in [-0.3, -0.25) is 10.0 Å². The minimum Gasteiger partial charge on any atom is -0.328 e. The summed E-state index contributed by atoms with van der Waals surface area (Å²) in [6.07, 6.45) is 1.12. The summed E-state index contributed by atoms with van der Waals surface area (Å²) in [4.78, 5) is 10.6. The summed E-state index contributed by atoms with van der Waals surface area (Å²) in [6, 6.07) is -0.141. The van der Waals surface area contributed by atoms with Crippen LogP contribution in [0.1, 0.15) is 12.8 Å². The molecule has 0 saturated carbocycles. The van der Waals surface area contributed by atoms with Gasteiger partial charge in [0, 0.05) is 13.0 Å². The number of nitrogens with two attached hydrogens (primary N) is 1. The second-order valence-corrected chi connectivity index (χ2v) is 2.17. The molecule has 0 unspecified atom stereocenters. The van der Waals surface area contributed by atoms with Crippen molar-refractivity contribution in [1.82, 2.24) is 5.06 Å². The van der Waals surface area contributed by atoms with E-state index < -0.39 is 0 Å². The summed E-state index contributed by atoms with van der Waals surface area (Å²) >= 11 is 0. The van der Waals surface area contributed by atoms with E-state index in [9.17, 15) is 4.79 Å². The number of amides is 1. The molecule has 52 valence electrons. The molecule has 4 nitrogen and oxygen atoms in total. The Bertz CT molecular complexity index is 126. The summed E-state index contributed by atoms with van der Waals surface area (Å²) in [5.41, 5.74) is 5.23. The minimum absolute atomic E-state index is 0.141. The lowest BCUT2D eigenvalue weighted by Crippen LogP contribution is -2.34. The summed E-state index contributed by atoms with van der Waals surface area (Å²) in [7, 11) is 0. The van der Waals surface area contributed by atoms with Crippen molar-refractivity contribution < 1.29 is 10.0 Å². The Morgan fingerprint density at radius 2 is 2.56 bits per heavy atom. The lowest BCUT2D eigenvalue weighted by atomic mass is 10.2. The maximum Gasteiger partial charge on any atom is 0.246 e. The Balaban J connectivity index is 2.51. The van der Waals surface area contributed by atoms with Crippen molar-refractivity contribution >= 4 is 5.91 Å². The average molecular weight is 130 g/mol. The van der Waals surface area contributed by atoms with Crippen LogP contribution in [-0.2, 0) is 4.79 Å². The molecule has 1 atom stereocenters. The fourth-order valence-corrected chi connectivity index (χ4v) is 0.948. The summed E-state index contributed by atoms with van der Waals surface area (Å²) in [6.45, 7) is 0.349. The van der Waals surface area contributed by atoms with E-state index in [-0.39, 0.29) is 11.9 Å². The van der Waals surface area contributed by atoms with E-state index in [1.807, 2.05) is 0 Å². The third-order valence-corrected chi connectivity index (χ3v) is 1.56. The van der Waals surface area contributed by atoms with Crippen molar-refractivity contribution in [2.45, 2.75) is 18.9 Å². The van der Waals surface area contributed by atoms with Gasteiger partial charge in [0.2, 0.25) is 5.91 Å². The number of hydrogen-bond acceptors (Lipinski definition) is 3. The lowest BCUT2D eigenvalue weighted by molar-refractivity contribution is -0.164. The van der Waals surface area contributed by atoms with Gasteiger partial charge in [0.25, 0.3) is 0 Å². The third-order valence-electron chi connectivity index (χ3n) is 1.56. The Hall–Kier alpha value is -0.610. The second kappa shape index (κ2) is 2.33. The molecule has 0 spiro atoms. The zero-order chi connectivity index (χ0) is 6.85. The Morgan fingerprint density at radius 1 is 1.89 bits per heavy atom. The minimum atomic E-state index is -0.217. The Labute approximate surface area is 53.2 Å². The summed E-state index contributed by atoms with van der Waals surface area (Å²) < 4.78 is 0. The predicted octanol–water partition coefficient (Wildman–Crippen LogP) is -0.675. The third kappa shape index (κ3) is 1.04. The maximum absolute atomic E-state index is 10.6. The van der Waals surface area contributed by atoms with E-state index in [0.717, 1.165) is 5.06 Å². The van der Waals surface area contributed by atoms with E-state index in [4.69, 9.17) is 10.9 Å². The fraction of sp³-hybridized carbons (Fsp3) is 0.800. The largest absolute Gasteiger partial charge is 0.328 e. The quantitative estimate of drug-likeness (QED) is 0.462. The van der Waals surface area contributed by atoms with E-state index in [1.165, 1.54) is 0 Å². The second-order valence-electron chi connectivity index (χ2n) is 2.17. The number of carbonyl (C=O) groups excluding carboxylic acids is 1. The van der Waals surface area contributed by atoms with Crippen LogP contribution in [-0.4, -0.2) is 28.8 Å². The predicted molar refractivity (Wildman–Crippen MR) is 30.7 cm³/mol. The van der Waals surface area contributed by atoms with Gasteiger partial charge in [-0.25, -0.2) is 5.06 Å². The van der Waals surface area contributed by atoms with Crippen molar-refractivity contribution in [2.75, 3.05) is 6.54 Å². The van der Waals surface area contributed by atoms with Crippen LogP contribution in [0.3, 0.4) is 0 Å². The van der Waals surface area contributed by atoms with Crippen LogP contribution < -0.4 is 5.73 Å². The molecule has 0 aromatic heterocycles. The highest BCUT2D eigenvalue weighted by Gasteiger charge is 2.28. The zero-order valence-electron chi connectivity index (χ0n) is 5.08. The summed E-state index contributed by atoms with van der Waals surface area (Å²) in [5.74, 6) is -0.217. The normalized spacial score (nSPS) is 27.6. The van der Waals surface area contributed by atoms with Gasteiger partial charge in [0.15, 0.2) is 0 Å². The van der Waals surface area contributed by atoms with Crippen molar-refractivity contribution in [1.29, 1.82) is 0 Å². The first-order chi connectivity index (χ1) is 4.25. The molecule has 9 heavy (non-hydrogen) atoms. The summed E-state index contributed by atoms with van der Waals surface area (Å²) in [5, 5.41) is 9.60. The van der Waals surface area contributed by atoms with Crippen LogP contribution in [0.25, 0.3) is 0 Å². The number of hydroxylamine groups is 2. The first kappa shape index (κ1) is 6.51. The van der Waals surface area contributed by atoms with E-state index >= 15 is 0 Å². The highest BCUT2D eigenvalue weighted by Crippen LogP contribution is 2.13. The van der Waals surface area contributed by atoms with Crippen molar-refractivity contribution in [3.63, 3.8) is 0 Å². The molecule has 1 heterocycles. The van der Waals surface area contributed by atoms with Gasteiger partial charge in [-0.2, -0.15) is 0 Å². The van der Waals surface area contributed by atoms with Gasteiger partial charge >= 0.3 is 0 Å². The molecular formula is C5H10N2O2. The number of rotatable bonds is 1. The molecule has 0 bridgehead atoms. The number of hydrogen-bond donors (Lipinski definition) is 2. The van der Waals surface area contributed by atoms with Crippen LogP contribution in [0, 0.1) is 0 Å². The highest BCUT2D eigenvalue weighted by atomic mass is 16.5. The number of nitrogens with zero attached hydrogens (tertiary/aromatic N) is 1. The topological polar surface area (TPSA) is 66.6 Å². The molecule has 1 aliphatic rings. The van der Waals surface area contributed by atoms with Gasteiger partial charge in [-0.05, 0) is 6.42 Å². The van der Waals surface area contributed by atoms with E-state index in [1.54, 1.807) is 0 Å². The van der Waals surface area contributed by atoms with Gasteiger partial charge in [0.1, 0.15) is 0 Å². The molecule has 1 aliphatic heterocycles. The fourth-order valence-electron chi connectivity index (χ4n) is 0.948. The van der Waals surface area contributed by atoms with Gasteiger partial charge in [-0.15, -0.1) is 0 Å². The van der Waals surface area contributed by atoms with Crippen molar-refractivity contribution in [3.8, 4) is 0 Å². The van der Waals surface area contributed by atoms with Crippen molar-refractivity contribution in [2.24, 2.45) is 5.73 Å². The SMILES string of the molecule is NC[C@H]1CCC(=O)N1O. The monoisotopic (exact) mass is 130 g/mol. The molecule has 0 radical (unpaired) electrons. The van der Waals surface area contributed by atoms with Gasteiger partial charge in [0.05, 0.1) is 6.04 Å².